The van der Waals surface area contributed by atoms with E-state index in [1.54, 1.807) is 25.3 Å². The third-order valence-electron chi connectivity index (χ3n) is 3.06. The van der Waals surface area contributed by atoms with Crippen LogP contribution < -0.4 is 10.1 Å². The Morgan fingerprint density at radius 3 is 2.90 bits per heavy atom. The highest BCUT2D eigenvalue weighted by atomic mass is 16.5. The number of carboxylic acid groups (broad SMARTS) is 1. The van der Waals surface area contributed by atoms with Gasteiger partial charge in [0.05, 0.1) is 23.7 Å². The molecular weight excluding hydrogens is 270 g/mol. The number of ether oxygens (including phenoxy) is 1. The number of anilines is 2. The Balaban J connectivity index is 1.91. The van der Waals surface area contributed by atoms with Crippen molar-refractivity contribution in [3.63, 3.8) is 0 Å². The molecule has 0 aliphatic carbocycles. The van der Waals surface area contributed by atoms with Crippen molar-refractivity contribution in [2.24, 2.45) is 0 Å². The quantitative estimate of drug-likeness (QED) is 0.685. The highest BCUT2D eigenvalue weighted by Gasteiger charge is 2.06. The average molecular weight is 283 g/mol. The predicted molar refractivity (Wildman–Crippen MR) is 79.3 cm³/mol. The highest BCUT2D eigenvalue weighted by Crippen LogP contribution is 2.22. The number of carbonyl (C=O) groups is 1. The number of aromatic nitrogens is 2. The van der Waals surface area contributed by atoms with Crippen LogP contribution in [0.1, 0.15) is 10.4 Å². The van der Waals surface area contributed by atoms with Gasteiger partial charge in [0.25, 0.3) is 0 Å². The van der Waals surface area contributed by atoms with Crippen molar-refractivity contribution in [1.82, 2.24) is 9.97 Å². The smallest absolute Gasteiger partial charge is 0.335 e. The number of carboxylic acids is 1. The van der Waals surface area contributed by atoms with E-state index in [0.717, 1.165) is 16.8 Å². The Morgan fingerprint density at radius 1 is 1.29 bits per heavy atom. The van der Waals surface area contributed by atoms with E-state index in [1.165, 1.54) is 6.07 Å². The highest BCUT2D eigenvalue weighted by molar-refractivity contribution is 5.89. The molecule has 3 aromatic rings. The summed E-state index contributed by atoms with van der Waals surface area (Å²) in [6, 6.07) is 12.1. The minimum Gasteiger partial charge on any atom is -0.497 e. The Labute approximate surface area is 120 Å². The molecule has 0 spiro atoms. The van der Waals surface area contributed by atoms with Gasteiger partial charge in [-0.05, 0) is 30.3 Å². The molecule has 0 aliphatic heterocycles. The minimum absolute atomic E-state index is 0.220. The van der Waals surface area contributed by atoms with Gasteiger partial charge in [0.15, 0.2) is 0 Å². The van der Waals surface area contributed by atoms with Crippen LogP contribution in [0.4, 0.5) is 11.6 Å². The lowest BCUT2D eigenvalue weighted by Gasteiger charge is -2.03. The van der Waals surface area contributed by atoms with Crippen LogP contribution in [0, 0.1) is 0 Å². The molecule has 106 valence electrons. The zero-order valence-electron chi connectivity index (χ0n) is 11.3. The van der Waals surface area contributed by atoms with E-state index in [2.05, 4.69) is 15.3 Å². The van der Waals surface area contributed by atoms with E-state index in [-0.39, 0.29) is 5.56 Å². The second-order valence-electron chi connectivity index (χ2n) is 4.48. The van der Waals surface area contributed by atoms with Crippen LogP contribution in [0.3, 0.4) is 0 Å². The number of benzene rings is 2. The molecule has 2 aromatic carbocycles. The van der Waals surface area contributed by atoms with E-state index in [9.17, 15) is 4.79 Å². The SMILES string of the molecule is COc1ccc2nc(Nc3cccc(C(=O)O)c3)[nH]c2c1. The topological polar surface area (TPSA) is 87.2 Å². The van der Waals surface area contributed by atoms with Gasteiger partial charge in [0.1, 0.15) is 5.75 Å². The molecule has 0 saturated carbocycles. The molecule has 0 amide bonds. The molecule has 21 heavy (non-hydrogen) atoms. The van der Waals surface area contributed by atoms with Crippen molar-refractivity contribution in [3.05, 3.63) is 48.0 Å². The second kappa shape index (κ2) is 5.16. The van der Waals surface area contributed by atoms with E-state index in [4.69, 9.17) is 9.84 Å². The Kier molecular flexibility index (Phi) is 3.19. The number of nitrogens with zero attached hydrogens (tertiary/aromatic N) is 1. The summed E-state index contributed by atoms with van der Waals surface area (Å²) in [5.74, 6) is 0.319. The standard InChI is InChI=1S/C15H13N3O3/c1-21-11-5-6-12-13(8-11)18-15(17-12)16-10-4-2-3-9(7-10)14(19)20/h2-8H,1H3,(H,19,20)(H2,16,17,18). The van der Waals surface area contributed by atoms with E-state index in [0.29, 0.717) is 11.6 Å². The number of nitrogens with one attached hydrogen (secondary N) is 2. The first-order chi connectivity index (χ1) is 10.2. The summed E-state index contributed by atoms with van der Waals surface area (Å²) in [6.45, 7) is 0. The van der Waals surface area contributed by atoms with Crippen molar-refractivity contribution in [2.45, 2.75) is 0 Å². The number of rotatable bonds is 4. The molecule has 0 saturated heterocycles. The average Bonchev–Trinajstić information content (AvgIpc) is 2.88. The van der Waals surface area contributed by atoms with Gasteiger partial charge in [0.2, 0.25) is 5.95 Å². The number of imidazole rings is 1. The summed E-state index contributed by atoms with van der Waals surface area (Å²) >= 11 is 0. The van der Waals surface area contributed by atoms with Gasteiger partial charge in [-0.1, -0.05) is 6.07 Å². The van der Waals surface area contributed by atoms with Gasteiger partial charge in [0, 0.05) is 11.8 Å². The van der Waals surface area contributed by atoms with E-state index >= 15 is 0 Å². The van der Waals surface area contributed by atoms with Crippen molar-refractivity contribution in [3.8, 4) is 5.75 Å². The maximum atomic E-state index is 11.0. The molecule has 0 bridgehead atoms. The van der Waals surface area contributed by atoms with Crippen LogP contribution in [0.2, 0.25) is 0 Å². The number of aromatic carboxylic acids is 1. The fraction of sp³-hybridized carbons (Fsp3) is 0.0667. The fourth-order valence-electron chi connectivity index (χ4n) is 2.04. The van der Waals surface area contributed by atoms with Gasteiger partial charge >= 0.3 is 5.97 Å². The lowest BCUT2D eigenvalue weighted by atomic mass is 10.2. The molecule has 0 fully saturated rings. The molecule has 0 unspecified atom stereocenters. The molecule has 6 heteroatoms. The molecular formula is C15H13N3O3. The molecule has 0 radical (unpaired) electrons. The first-order valence-electron chi connectivity index (χ1n) is 6.30. The van der Waals surface area contributed by atoms with Gasteiger partial charge < -0.3 is 20.1 Å². The van der Waals surface area contributed by atoms with Crippen LogP contribution in [-0.2, 0) is 0 Å². The number of aromatic amines is 1. The number of methoxy groups -OCH3 is 1. The van der Waals surface area contributed by atoms with Crippen LogP contribution >= 0.6 is 0 Å². The summed E-state index contributed by atoms with van der Waals surface area (Å²) < 4.78 is 5.16. The van der Waals surface area contributed by atoms with Gasteiger partial charge in [-0.25, -0.2) is 9.78 Å². The van der Waals surface area contributed by atoms with Crippen molar-refractivity contribution >= 4 is 28.6 Å². The monoisotopic (exact) mass is 283 g/mol. The summed E-state index contributed by atoms with van der Waals surface area (Å²) in [7, 11) is 1.61. The third-order valence-corrected chi connectivity index (χ3v) is 3.06. The van der Waals surface area contributed by atoms with Crippen molar-refractivity contribution < 1.29 is 14.6 Å². The van der Waals surface area contributed by atoms with E-state index in [1.807, 2.05) is 18.2 Å². The molecule has 1 heterocycles. The number of H-pyrrole nitrogens is 1. The minimum atomic E-state index is -0.965. The molecule has 3 rings (SSSR count). The summed E-state index contributed by atoms with van der Waals surface area (Å²) in [5.41, 5.74) is 2.51. The molecule has 0 aliphatic rings. The summed E-state index contributed by atoms with van der Waals surface area (Å²) in [4.78, 5) is 18.5. The van der Waals surface area contributed by atoms with Crippen molar-refractivity contribution in [1.29, 1.82) is 0 Å². The molecule has 1 aromatic heterocycles. The Bertz CT molecular complexity index is 811. The first-order valence-corrected chi connectivity index (χ1v) is 6.30. The Hall–Kier alpha value is -3.02. The normalized spacial score (nSPS) is 10.5. The first kappa shape index (κ1) is 13.0. The van der Waals surface area contributed by atoms with Crippen LogP contribution in [-0.4, -0.2) is 28.2 Å². The molecule has 3 N–H and O–H groups in total. The third kappa shape index (κ3) is 2.64. The van der Waals surface area contributed by atoms with Crippen LogP contribution in [0.5, 0.6) is 5.75 Å². The number of hydrogen-bond acceptors (Lipinski definition) is 4. The summed E-state index contributed by atoms with van der Waals surface area (Å²) in [6.07, 6.45) is 0. The largest absolute Gasteiger partial charge is 0.497 e. The van der Waals surface area contributed by atoms with Gasteiger partial charge in [-0.15, -0.1) is 0 Å². The van der Waals surface area contributed by atoms with Gasteiger partial charge in [-0.3, -0.25) is 0 Å². The molecule has 6 nitrogen and oxygen atoms in total. The zero-order chi connectivity index (χ0) is 14.8. The summed E-state index contributed by atoms with van der Waals surface area (Å²) in [5, 5.41) is 12.0. The maximum Gasteiger partial charge on any atom is 0.335 e. The van der Waals surface area contributed by atoms with Gasteiger partial charge in [-0.2, -0.15) is 0 Å². The maximum absolute atomic E-state index is 11.0. The van der Waals surface area contributed by atoms with E-state index < -0.39 is 5.97 Å². The second-order valence-corrected chi connectivity index (χ2v) is 4.48. The fourth-order valence-corrected chi connectivity index (χ4v) is 2.04. The lowest BCUT2D eigenvalue weighted by molar-refractivity contribution is 0.0697. The number of fused-ring (bicyclic) bond motifs is 1. The van der Waals surface area contributed by atoms with Crippen LogP contribution in [0.15, 0.2) is 42.5 Å². The predicted octanol–water partition coefficient (Wildman–Crippen LogP) is 3.01. The lowest BCUT2D eigenvalue weighted by Crippen LogP contribution is -1.98. The number of hydrogen-bond donors (Lipinski definition) is 3. The van der Waals surface area contributed by atoms with Crippen molar-refractivity contribution in [2.75, 3.05) is 12.4 Å². The molecule has 0 atom stereocenters. The zero-order valence-corrected chi connectivity index (χ0v) is 11.3. The van der Waals surface area contributed by atoms with Crippen LogP contribution in [0.25, 0.3) is 11.0 Å². The Morgan fingerprint density at radius 2 is 2.14 bits per heavy atom.